The Kier molecular flexibility index (Phi) is 3.87. The van der Waals surface area contributed by atoms with Crippen LogP contribution in [0, 0.1) is 5.92 Å². The molecule has 1 aliphatic rings. The molecule has 1 aromatic rings. The lowest BCUT2D eigenvalue weighted by Gasteiger charge is -2.19. The van der Waals surface area contributed by atoms with Crippen LogP contribution in [0.15, 0.2) is 18.2 Å². The van der Waals surface area contributed by atoms with Crippen molar-refractivity contribution >= 4 is 5.69 Å². The van der Waals surface area contributed by atoms with Gasteiger partial charge in [0.2, 0.25) is 0 Å². The highest BCUT2D eigenvalue weighted by Gasteiger charge is 2.09. The first-order valence-corrected chi connectivity index (χ1v) is 6.65. The van der Waals surface area contributed by atoms with Crippen LogP contribution in [0.1, 0.15) is 44.2 Å². The number of hydrogen-bond donors (Lipinski definition) is 1. The number of anilines is 1. The van der Waals surface area contributed by atoms with Gasteiger partial charge in [0.25, 0.3) is 0 Å². The van der Waals surface area contributed by atoms with Gasteiger partial charge in [-0.3, -0.25) is 0 Å². The lowest BCUT2D eigenvalue weighted by Crippen LogP contribution is -2.12. The quantitative estimate of drug-likeness (QED) is 0.803. The van der Waals surface area contributed by atoms with E-state index in [-0.39, 0.29) is 0 Å². The molecule has 1 heteroatoms. The van der Waals surface area contributed by atoms with E-state index in [4.69, 9.17) is 0 Å². The van der Waals surface area contributed by atoms with Gasteiger partial charge in [0.05, 0.1) is 0 Å². The van der Waals surface area contributed by atoms with Crippen LogP contribution in [0.5, 0.6) is 0 Å². The topological polar surface area (TPSA) is 12.0 Å². The summed E-state index contributed by atoms with van der Waals surface area (Å²) in [7, 11) is 0. The molecule has 1 nitrogen and oxygen atoms in total. The predicted molar refractivity (Wildman–Crippen MR) is 71.0 cm³/mol. The van der Waals surface area contributed by atoms with Gasteiger partial charge in [0, 0.05) is 12.2 Å². The SMILES string of the molecule is CCCC(C)Cc1ccc2c(c1)NCCC2. The van der Waals surface area contributed by atoms with Crippen LogP contribution in [0.25, 0.3) is 0 Å². The molecule has 2 rings (SSSR count). The molecule has 0 saturated heterocycles. The fourth-order valence-corrected chi connectivity index (χ4v) is 2.63. The smallest absolute Gasteiger partial charge is 0.0375 e. The van der Waals surface area contributed by atoms with E-state index in [9.17, 15) is 0 Å². The van der Waals surface area contributed by atoms with E-state index < -0.39 is 0 Å². The van der Waals surface area contributed by atoms with Crippen molar-refractivity contribution in [1.29, 1.82) is 0 Å². The molecule has 0 aliphatic carbocycles. The van der Waals surface area contributed by atoms with Gasteiger partial charge in [-0.15, -0.1) is 0 Å². The molecule has 1 aromatic carbocycles. The molecule has 0 aromatic heterocycles. The highest BCUT2D eigenvalue weighted by atomic mass is 14.9. The van der Waals surface area contributed by atoms with Gasteiger partial charge in [-0.1, -0.05) is 38.8 Å². The van der Waals surface area contributed by atoms with Gasteiger partial charge in [-0.25, -0.2) is 0 Å². The number of aryl methyl sites for hydroxylation is 1. The Bertz CT molecular complexity index is 343. The Labute approximate surface area is 99.3 Å². The minimum atomic E-state index is 0.812. The fourth-order valence-electron chi connectivity index (χ4n) is 2.63. The van der Waals surface area contributed by atoms with Crippen LogP contribution in [0.2, 0.25) is 0 Å². The molecule has 1 N–H and O–H groups in total. The van der Waals surface area contributed by atoms with Crippen molar-refractivity contribution in [2.24, 2.45) is 5.92 Å². The monoisotopic (exact) mass is 217 g/mol. The first-order chi connectivity index (χ1) is 7.79. The molecule has 0 radical (unpaired) electrons. The molecule has 1 aliphatic heterocycles. The number of hydrogen-bond acceptors (Lipinski definition) is 1. The molecule has 1 heterocycles. The largest absolute Gasteiger partial charge is 0.385 e. The predicted octanol–water partition coefficient (Wildman–Crippen LogP) is 4.02. The van der Waals surface area contributed by atoms with Crippen molar-refractivity contribution in [3.8, 4) is 0 Å². The minimum absolute atomic E-state index is 0.812. The van der Waals surface area contributed by atoms with Crippen molar-refractivity contribution < 1.29 is 0 Å². The molecule has 0 spiro atoms. The number of rotatable bonds is 4. The first-order valence-electron chi connectivity index (χ1n) is 6.65. The minimum Gasteiger partial charge on any atom is -0.385 e. The van der Waals surface area contributed by atoms with E-state index in [2.05, 4.69) is 37.4 Å². The second-order valence-electron chi connectivity index (χ2n) is 5.12. The third kappa shape index (κ3) is 2.78. The normalized spacial score (nSPS) is 16.4. The Morgan fingerprint density at radius 3 is 3.06 bits per heavy atom. The second kappa shape index (κ2) is 5.38. The summed E-state index contributed by atoms with van der Waals surface area (Å²) in [6, 6.07) is 6.99. The zero-order valence-electron chi connectivity index (χ0n) is 10.6. The average Bonchev–Trinajstić information content (AvgIpc) is 2.29. The number of fused-ring (bicyclic) bond motifs is 1. The van der Waals surface area contributed by atoms with Crippen molar-refractivity contribution in [3.63, 3.8) is 0 Å². The highest BCUT2D eigenvalue weighted by molar-refractivity contribution is 5.54. The van der Waals surface area contributed by atoms with E-state index in [1.807, 2.05) is 0 Å². The molecule has 0 fully saturated rings. The maximum absolute atomic E-state index is 3.51. The zero-order chi connectivity index (χ0) is 11.4. The molecular weight excluding hydrogens is 194 g/mol. The molecule has 0 saturated carbocycles. The van der Waals surface area contributed by atoms with Gasteiger partial charge < -0.3 is 5.32 Å². The summed E-state index contributed by atoms with van der Waals surface area (Å²) >= 11 is 0. The zero-order valence-corrected chi connectivity index (χ0v) is 10.6. The standard InChI is InChI=1S/C15H23N/c1-3-5-12(2)10-13-7-8-14-6-4-9-16-15(14)11-13/h7-8,11-12,16H,3-6,9-10H2,1-2H3. The molecular formula is C15H23N. The summed E-state index contributed by atoms with van der Waals surface area (Å²) in [5.74, 6) is 0.812. The van der Waals surface area contributed by atoms with Gasteiger partial charge in [0.1, 0.15) is 0 Å². The first kappa shape index (κ1) is 11.5. The number of benzene rings is 1. The summed E-state index contributed by atoms with van der Waals surface area (Å²) in [6.45, 7) is 5.77. The molecule has 0 amide bonds. The summed E-state index contributed by atoms with van der Waals surface area (Å²) in [4.78, 5) is 0. The molecule has 0 bridgehead atoms. The Morgan fingerprint density at radius 1 is 1.38 bits per heavy atom. The van der Waals surface area contributed by atoms with Crippen LogP contribution in [-0.4, -0.2) is 6.54 Å². The maximum Gasteiger partial charge on any atom is 0.0375 e. The van der Waals surface area contributed by atoms with Gasteiger partial charge in [-0.2, -0.15) is 0 Å². The third-order valence-electron chi connectivity index (χ3n) is 3.48. The van der Waals surface area contributed by atoms with Crippen LogP contribution in [0.4, 0.5) is 5.69 Å². The number of nitrogens with one attached hydrogen (secondary N) is 1. The molecule has 1 atom stereocenters. The summed E-state index contributed by atoms with van der Waals surface area (Å²) in [5.41, 5.74) is 4.37. The Hall–Kier alpha value is -0.980. The van der Waals surface area contributed by atoms with E-state index in [1.165, 1.54) is 48.9 Å². The Balaban J connectivity index is 2.05. The molecule has 88 valence electrons. The molecule has 1 unspecified atom stereocenters. The van der Waals surface area contributed by atoms with Crippen LogP contribution < -0.4 is 5.32 Å². The van der Waals surface area contributed by atoms with Crippen LogP contribution in [0.3, 0.4) is 0 Å². The van der Waals surface area contributed by atoms with Crippen molar-refractivity contribution in [1.82, 2.24) is 0 Å². The van der Waals surface area contributed by atoms with Crippen LogP contribution >= 0.6 is 0 Å². The van der Waals surface area contributed by atoms with E-state index in [0.29, 0.717) is 0 Å². The van der Waals surface area contributed by atoms with E-state index in [0.717, 1.165) is 12.5 Å². The van der Waals surface area contributed by atoms with Crippen molar-refractivity contribution in [2.45, 2.75) is 46.0 Å². The average molecular weight is 217 g/mol. The Morgan fingerprint density at radius 2 is 2.25 bits per heavy atom. The lowest BCUT2D eigenvalue weighted by atomic mass is 9.94. The third-order valence-corrected chi connectivity index (χ3v) is 3.48. The van der Waals surface area contributed by atoms with Gasteiger partial charge in [-0.05, 0) is 42.4 Å². The van der Waals surface area contributed by atoms with E-state index in [1.54, 1.807) is 0 Å². The summed E-state index contributed by atoms with van der Waals surface area (Å²) in [5, 5.41) is 3.51. The van der Waals surface area contributed by atoms with Crippen molar-refractivity contribution in [2.75, 3.05) is 11.9 Å². The summed E-state index contributed by atoms with van der Waals surface area (Å²) < 4.78 is 0. The maximum atomic E-state index is 3.51. The highest BCUT2D eigenvalue weighted by Crippen LogP contribution is 2.24. The van der Waals surface area contributed by atoms with Gasteiger partial charge in [0.15, 0.2) is 0 Å². The van der Waals surface area contributed by atoms with Crippen LogP contribution in [-0.2, 0) is 12.8 Å². The molecule has 16 heavy (non-hydrogen) atoms. The fraction of sp³-hybridized carbons (Fsp3) is 0.600. The van der Waals surface area contributed by atoms with Gasteiger partial charge >= 0.3 is 0 Å². The summed E-state index contributed by atoms with van der Waals surface area (Å²) in [6.07, 6.45) is 6.38. The van der Waals surface area contributed by atoms with Crippen molar-refractivity contribution in [3.05, 3.63) is 29.3 Å². The second-order valence-corrected chi connectivity index (χ2v) is 5.12. The van der Waals surface area contributed by atoms with E-state index >= 15 is 0 Å². The lowest BCUT2D eigenvalue weighted by molar-refractivity contribution is 0.522.